The third-order valence-corrected chi connectivity index (χ3v) is 5.24. The molecule has 8 nitrogen and oxygen atoms in total. The van der Waals surface area contributed by atoms with Gasteiger partial charge in [0.2, 0.25) is 5.89 Å². The molecule has 1 amide bonds. The van der Waals surface area contributed by atoms with Gasteiger partial charge in [0.05, 0.1) is 11.0 Å². The number of aromatic nitrogens is 2. The number of esters is 1. The van der Waals surface area contributed by atoms with E-state index < -0.39 is 17.5 Å². The largest absolute Gasteiger partial charge is 0.417 e. The van der Waals surface area contributed by atoms with E-state index in [9.17, 15) is 9.59 Å². The summed E-state index contributed by atoms with van der Waals surface area (Å²) in [7, 11) is 0. The molecule has 29 heavy (non-hydrogen) atoms. The Kier molecular flexibility index (Phi) is 4.99. The lowest BCUT2D eigenvalue weighted by atomic mass is 9.72. The number of nitrogen functional groups attached to an aromatic ring is 1. The molecule has 0 aliphatic carbocycles. The molecule has 2 heterocycles. The predicted octanol–water partition coefficient (Wildman–Crippen LogP) is 3.01. The standard InChI is InChI=1S/C21H20N4O4/c22-19-24-23-18(29-19)21(16-9-5-2-6-10-16)11-13-25(14-12-21)20(27)28-17(26)15-7-3-1-4-8-15/h1-10H,11-14H2,(H2,22,24). The molecule has 8 heteroatoms. The molecule has 0 saturated carbocycles. The Morgan fingerprint density at radius 3 is 2.17 bits per heavy atom. The van der Waals surface area contributed by atoms with E-state index in [1.54, 1.807) is 30.3 Å². The lowest BCUT2D eigenvalue weighted by Gasteiger charge is -2.39. The van der Waals surface area contributed by atoms with Crippen molar-refractivity contribution in [2.45, 2.75) is 18.3 Å². The van der Waals surface area contributed by atoms with Crippen molar-refractivity contribution in [3.8, 4) is 0 Å². The van der Waals surface area contributed by atoms with Gasteiger partial charge in [-0.3, -0.25) is 0 Å². The van der Waals surface area contributed by atoms with Gasteiger partial charge in [-0.15, -0.1) is 5.10 Å². The average molecular weight is 392 g/mol. The number of carbonyl (C=O) groups excluding carboxylic acids is 2. The molecule has 0 unspecified atom stereocenters. The molecule has 148 valence electrons. The molecule has 1 aromatic heterocycles. The summed E-state index contributed by atoms with van der Waals surface area (Å²) < 4.78 is 10.6. The third kappa shape index (κ3) is 3.69. The molecular formula is C21H20N4O4. The SMILES string of the molecule is Nc1nnc(C2(c3ccccc3)CCN(C(=O)OC(=O)c3ccccc3)CC2)o1. The Morgan fingerprint density at radius 1 is 0.966 bits per heavy atom. The van der Waals surface area contributed by atoms with Crippen LogP contribution in [0.5, 0.6) is 0 Å². The van der Waals surface area contributed by atoms with E-state index in [0.717, 1.165) is 5.56 Å². The highest BCUT2D eigenvalue weighted by molar-refractivity contribution is 5.96. The van der Waals surface area contributed by atoms with Crippen LogP contribution in [0.2, 0.25) is 0 Å². The molecule has 2 aromatic carbocycles. The number of ether oxygens (including phenoxy) is 1. The summed E-state index contributed by atoms with van der Waals surface area (Å²) in [6, 6.07) is 18.2. The second kappa shape index (κ2) is 7.75. The molecule has 2 N–H and O–H groups in total. The second-order valence-corrected chi connectivity index (χ2v) is 6.90. The molecule has 0 spiro atoms. The van der Waals surface area contributed by atoms with Crippen molar-refractivity contribution in [3.63, 3.8) is 0 Å². The number of amides is 1. The van der Waals surface area contributed by atoms with E-state index in [-0.39, 0.29) is 6.01 Å². The highest BCUT2D eigenvalue weighted by Gasteiger charge is 2.43. The van der Waals surface area contributed by atoms with Crippen LogP contribution in [0.25, 0.3) is 0 Å². The van der Waals surface area contributed by atoms with E-state index in [2.05, 4.69) is 10.2 Å². The number of carbonyl (C=O) groups is 2. The van der Waals surface area contributed by atoms with Gasteiger partial charge in [0, 0.05) is 13.1 Å². The molecule has 1 aliphatic rings. The molecule has 0 bridgehead atoms. The highest BCUT2D eigenvalue weighted by atomic mass is 16.6. The number of benzene rings is 2. The Morgan fingerprint density at radius 2 is 1.59 bits per heavy atom. The van der Waals surface area contributed by atoms with E-state index >= 15 is 0 Å². The molecule has 1 aliphatic heterocycles. The van der Waals surface area contributed by atoms with Gasteiger partial charge in [-0.05, 0) is 30.5 Å². The number of piperidine rings is 1. The quantitative estimate of drug-likeness (QED) is 0.539. The lowest BCUT2D eigenvalue weighted by molar-refractivity contribution is 0.0502. The normalized spacial score (nSPS) is 15.7. The highest BCUT2D eigenvalue weighted by Crippen LogP contribution is 2.41. The van der Waals surface area contributed by atoms with Crippen molar-refractivity contribution < 1.29 is 18.7 Å². The summed E-state index contributed by atoms with van der Waals surface area (Å²) in [6.45, 7) is 0.746. The minimum atomic E-state index is -0.667. The fraction of sp³-hybridized carbons (Fsp3) is 0.238. The Hall–Kier alpha value is -3.68. The van der Waals surface area contributed by atoms with Gasteiger partial charge in [-0.2, -0.15) is 0 Å². The maximum absolute atomic E-state index is 12.5. The molecule has 0 atom stereocenters. The topological polar surface area (TPSA) is 112 Å². The number of hydrogen-bond acceptors (Lipinski definition) is 7. The van der Waals surface area contributed by atoms with E-state index in [0.29, 0.717) is 37.4 Å². The van der Waals surface area contributed by atoms with Gasteiger partial charge in [-0.1, -0.05) is 53.6 Å². The lowest BCUT2D eigenvalue weighted by Crippen LogP contribution is -2.46. The summed E-state index contributed by atoms with van der Waals surface area (Å²) in [5.74, 6) is -0.241. The van der Waals surface area contributed by atoms with Gasteiger partial charge in [0.1, 0.15) is 0 Å². The Bertz CT molecular complexity index is 996. The number of nitrogens with zero attached hydrogens (tertiary/aromatic N) is 3. The number of nitrogens with two attached hydrogens (primary N) is 1. The minimum Gasteiger partial charge on any atom is -0.407 e. The van der Waals surface area contributed by atoms with Crippen LogP contribution in [0.1, 0.15) is 34.7 Å². The van der Waals surface area contributed by atoms with Gasteiger partial charge in [0.15, 0.2) is 0 Å². The van der Waals surface area contributed by atoms with Gasteiger partial charge >= 0.3 is 18.1 Å². The first-order valence-electron chi connectivity index (χ1n) is 9.30. The van der Waals surface area contributed by atoms with Crippen LogP contribution in [-0.4, -0.2) is 40.2 Å². The minimum absolute atomic E-state index is 0.00519. The summed E-state index contributed by atoms with van der Waals surface area (Å²) in [5.41, 5.74) is 6.44. The van der Waals surface area contributed by atoms with E-state index in [1.165, 1.54) is 4.90 Å². The summed E-state index contributed by atoms with van der Waals surface area (Å²) in [4.78, 5) is 26.2. The molecule has 3 aromatic rings. The van der Waals surface area contributed by atoms with Gasteiger partial charge in [-0.25, -0.2) is 9.59 Å². The van der Waals surface area contributed by atoms with Crippen LogP contribution >= 0.6 is 0 Å². The first-order chi connectivity index (χ1) is 14.1. The smallest absolute Gasteiger partial charge is 0.407 e. The van der Waals surface area contributed by atoms with Crippen molar-refractivity contribution in [2.24, 2.45) is 0 Å². The zero-order valence-corrected chi connectivity index (χ0v) is 15.7. The molecule has 4 rings (SSSR count). The average Bonchev–Trinajstić information content (AvgIpc) is 3.22. The summed E-state index contributed by atoms with van der Waals surface area (Å²) >= 11 is 0. The third-order valence-electron chi connectivity index (χ3n) is 5.24. The van der Waals surface area contributed by atoms with Crippen LogP contribution in [0.4, 0.5) is 10.8 Å². The molecular weight excluding hydrogens is 372 g/mol. The number of hydrogen-bond donors (Lipinski definition) is 1. The zero-order chi connectivity index (χ0) is 20.3. The van der Waals surface area contributed by atoms with Crippen molar-refractivity contribution in [3.05, 3.63) is 77.7 Å². The Balaban J connectivity index is 1.50. The van der Waals surface area contributed by atoms with Crippen molar-refractivity contribution in [1.82, 2.24) is 15.1 Å². The molecule has 0 radical (unpaired) electrons. The number of likely N-dealkylation sites (tertiary alicyclic amines) is 1. The summed E-state index contributed by atoms with van der Waals surface area (Å²) in [5, 5.41) is 7.92. The van der Waals surface area contributed by atoms with Crippen LogP contribution in [0, 0.1) is 0 Å². The first kappa shape index (κ1) is 18.7. The van der Waals surface area contributed by atoms with Crippen LogP contribution in [0.15, 0.2) is 65.1 Å². The fourth-order valence-electron chi connectivity index (χ4n) is 3.66. The number of rotatable bonds is 3. The predicted molar refractivity (Wildman–Crippen MR) is 104 cm³/mol. The van der Waals surface area contributed by atoms with E-state index in [1.807, 2.05) is 30.3 Å². The van der Waals surface area contributed by atoms with Crippen molar-refractivity contribution in [1.29, 1.82) is 0 Å². The van der Waals surface area contributed by atoms with Crippen LogP contribution in [0.3, 0.4) is 0 Å². The first-order valence-corrected chi connectivity index (χ1v) is 9.30. The molecule has 1 fully saturated rings. The maximum Gasteiger partial charge on any atom is 0.417 e. The van der Waals surface area contributed by atoms with E-state index in [4.69, 9.17) is 14.9 Å². The monoisotopic (exact) mass is 392 g/mol. The van der Waals surface area contributed by atoms with Crippen LogP contribution < -0.4 is 5.73 Å². The van der Waals surface area contributed by atoms with Gasteiger partial charge < -0.3 is 19.8 Å². The second-order valence-electron chi connectivity index (χ2n) is 6.90. The number of anilines is 1. The fourth-order valence-corrected chi connectivity index (χ4v) is 3.66. The Labute approximate surface area is 167 Å². The van der Waals surface area contributed by atoms with Crippen molar-refractivity contribution >= 4 is 18.1 Å². The molecule has 1 saturated heterocycles. The van der Waals surface area contributed by atoms with Gasteiger partial charge in [0.25, 0.3) is 0 Å². The van der Waals surface area contributed by atoms with Crippen LogP contribution in [-0.2, 0) is 10.2 Å². The van der Waals surface area contributed by atoms with Crippen molar-refractivity contribution in [2.75, 3.05) is 18.8 Å². The zero-order valence-electron chi connectivity index (χ0n) is 15.7. The summed E-state index contributed by atoms with van der Waals surface area (Å²) in [6.07, 6.45) is 0.408. The maximum atomic E-state index is 12.5.